The molecule has 1 aromatic carbocycles. The Kier molecular flexibility index (Phi) is 2.40. The predicted octanol–water partition coefficient (Wildman–Crippen LogP) is 2.79. The molecule has 0 amide bonds. The van der Waals surface area contributed by atoms with E-state index in [2.05, 4.69) is 6.92 Å². The van der Waals surface area contributed by atoms with Gasteiger partial charge in [0.05, 0.1) is 0 Å². The first-order valence-electron chi connectivity index (χ1n) is 3.69. The Labute approximate surface area is 72.2 Å². The molecule has 0 heterocycles. The fraction of sp³-hybridized carbons (Fsp3) is 0.333. The molecule has 0 unspecified atom stereocenters. The Balaban J connectivity index is 3.21. The number of anilines is 1. The highest BCUT2D eigenvalue weighted by Gasteiger charge is 2.00. The first-order chi connectivity index (χ1) is 5.15. The summed E-state index contributed by atoms with van der Waals surface area (Å²) in [4.78, 5) is 0. The molecule has 1 rings (SSSR count). The van der Waals surface area contributed by atoms with Gasteiger partial charge in [-0.15, -0.1) is 0 Å². The Hall–Kier alpha value is -0.690. The van der Waals surface area contributed by atoms with Crippen molar-refractivity contribution >= 4 is 17.3 Å². The van der Waals surface area contributed by atoms with E-state index < -0.39 is 0 Å². The number of halogens is 1. The summed E-state index contributed by atoms with van der Waals surface area (Å²) in [5.41, 5.74) is 8.75. The van der Waals surface area contributed by atoms with Crippen molar-refractivity contribution in [3.63, 3.8) is 0 Å². The van der Waals surface area contributed by atoms with Gasteiger partial charge in [-0.25, -0.2) is 0 Å². The number of benzene rings is 1. The van der Waals surface area contributed by atoms with Crippen molar-refractivity contribution in [2.45, 2.75) is 20.3 Å². The molecule has 0 radical (unpaired) electrons. The van der Waals surface area contributed by atoms with E-state index in [1.54, 1.807) is 0 Å². The summed E-state index contributed by atoms with van der Waals surface area (Å²) in [5, 5.41) is 0.802. The van der Waals surface area contributed by atoms with Gasteiger partial charge in [-0.1, -0.05) is 18.5 Å². The molecule has 2 heteroatoms. The van der Waals surface area contributed by atoms with Crippen molar-refractivity contribution in [3.05, 3.63) is 28.3 Å². The maximum absolute atomic E-state index is 5.91. The van der Waals surface area contributed by atoms with Crippen LogP contribution < -0.4 is 5.73 Å². The van der Waals surface area contributed by atoms with Crippen LogP contribution in [0.5, 0.6) is 0 Å². The average Bonchev–Trinajstić information content (AvgIpc) is 1.97. The van der Waals surface area contributed by atoms with Gasteiger partial charge in [-0.05, 0) is 36.6 Å². The summed E-state index contributed by atoms with van der Waals surface area (Å²) in [5.74, 6) is 0. The molecule has 60 valence electrons. The second kappa shape index (κ2) is 3.14. The number of nitrogens with two attached hydrogens (primary N) is 1. The maximum Gasteiger partial charge on any atom is 0.0439 e. The highest BCUT2D eigenvalue weighted by Crippen LogP contribution is 2.22. The predicted molar refractivity (Wildman–Crippen MR) is 50.0 cm³/mol. The standard InChI is InChI=1S/C9H12ClN/c1-3-7-5-8(10)6(2)4-9(7)11/h4-5H,3,11H2,1-2H3. The number of nitrogen functional groups attached to an aromatic ring is 1. The summed E-state index contributed by atoms with van der Waals surface area (Å²) in [7, 11) is 0. The van der Waals surface area contributed by atoms with E-state index in [1.807, 2.05) is 19.1 Å². The number of hydrogen-bond acceptors (Lipinski definition) is 1. The van der Waals surface area contributed by atoms with Gasteiger partial charge in [-0.3, -0.25) is 0 Å². The Morgan fingerprint density at radius 2 is 2.09 bits per heavy atom. The van der Waals surface area contributed by atoms with E-state index in [4.69, 9.17) is 17.3 Å². The van der Waals surface area contributed by atoms with Crippen molar-refractivity contribution in [1.29, 1.82) is 0 Å². The summed E-state index contributed by atoms with van der Waals surface area (Å²) >= 11 is 5.91. The minimum absolute atomic E-state index is 0.802. The lowest BCUT2D eigenvalue weighted by Crippen LogP contribution is -1.93. The maximum atomic E-state index is 5.91. The van der Waals surface area contributed by atoms with Gasteiger partial charge in [0.1, 0.15) is 0 Å². The molecule has 0 spiro atoms. The van der Waals surface area contributed by atoms with Crippen LogP contribution in [0.4, 0.5) is 5.69 Å². The van der Waals surface area contributed by atoms with Crippen molar-refractivity contribution in [2.75, 3.05) is 5.73 Å². The minimum atomic E-state index is 0.802. The molecule has 0 aliphatic carbocycles. The van der Waals surface area contributed by atoms with Crippen LogP contribution in [0.25, 0.3) is 0 Å². The molecule has 0 aliphatic heterocycles. The second-order valence-electron chi connectivity index (χ2n) is 2.65. The van der Waals surface area contributed by atoms with E-state index in [0.717, 1.165) is 28.3 Å². The summed E-state index contributed by atoms with van der Waals surface area (Å²) in [6.45, 7) is 4.02. The van der Waals surface area contributed by atoms with Crippen LogP contribution in [0.3, 0.4) is 0 Å². The van der Waals surface area contributed by atoms with Gasteiger partial charge in [0.15, 0.2) is 0 Å². The first kappa shape index (κ1) is 8.41. The van der Waals surface area contributed by atoms with Crippen LogP contribution >= 0.6 is 11.6 Å². The third-order valence-electron chi connectivity index (χ3n) is 1.80. The van der Waals surface area contributed by atoms with Crippen LogP contribution in [0.1, 0.15) is 18.1 Å². The average molecular weight is 170 g/mol. The van der Waals surface area contributed by atoms with E-state index in [0.29, 0.717) is 0 Å². The lowest BCUT2D eigenvalue weighted by Gasteiger charge is -2.05. The molecule has 11 heavy (non-hydrogen) atoms. The van der Waals surface area contributed by atoms with Crippen LogP contribution in [0, 0.1) is 6.92 Å². The zero-order valence-corrected chi connectivity index (χ0v) is 7.57. The third kappa shape index (κ3) is 1.66. The monoisotopic (exact) mass is 169 g/mol. The van der Waals surface area contributed by atoms with Crippen molar-refractivity contribution in [3.8, 4) is 0 Å². The normalized spacial score (nSPS) is 10.1. The van der Waals surface area contributed by atoms with E-state index in [1.165, 1.54) is 0 Å². The van der Waals surface area contributed by atoms with Gasteiger partial charge in [0.2, 0.25) is 0 Å². The lowest BCUT2D eigenvalue weighted by atomic mass is 10.1. The molecule has 1 aromatic rings. The summed E-state index contributed by atoms with van der Waals surface area (Å²) in [6.07, 6.45) is 0.936. The third-order valence-corrected chi connectivity index (χ3v) is 2.21. The summed E-state index contributed by atoms with van der Waals surface area (Å²) in [6, 6.07) is 3.85. The van der Waals surface area contributed by atoms with Gasteiger partial charge in [0, 0.05) is 10.7 Å². The van der Waals surface area contributed by atoms with Gasteiger partial charge < -0.3 is 5.73 Å². The van der Waals surface area contributed by atoms with E-state index in [9.17, 15) is 0 Å². The molecule has 1 nitrogen and oxygen atoms in total. The SMILES string of the molecule is CCc1cc(Cl)c(C)cc1N. The molecular weight excluding hydrogens is 158 g/mol. The van der Waals surface area contributed by atoms with Crippen LogP contribution in [0.2, 0.25) is 5.02 Å². The van der Waals surface area contributed by atoms with Crippen molar-refractivity contribution in [1.82, 2.24) is 0 Å². The first-order valence-corrected chi connectivity index (χ1v) is 4.07. The lowest BCUT2D eigenvalue weighted by molar-refractivity contribution is 1.14. The quantitative estimate of drug-likeness (QED) is 0.643. The highest BCUT2D eigenvalue weighted by molar-refractivity contribution is 6.31. The zero-order chi connectivity index (χ0) is 8.43. The molecule has 0 bridgehead atoms. The molecule has 0 saturated heterocycles. The van der Waals surface area contributed by atoms with Gasteiger partial charge >= 0.3 is 0 Å². The Bertz CT molecular complexity index is 269. The molecule has 0 saturated carbocycles. The van der Waals surface area contributed by atoms with Crippen LogP contribution in [0.15, 0.2) is 12.1 Å². The molecule has 0 atom stereocenters. The fourth-order valence-corrected chi connectivity index (χ4v) is 1.24. The number of aryl methyl sites for hydroxylation is 2. The molecule has 0 aliphatic rings. The topological polar surface area (TPSA) is 26.0 Å². The molecule has 2 N–H and O–H groups in total. The van der Waals surface area contributed by atoms with Crippen molar-refractivity contribution in [2.24, 2.45) is 0 Å². The summed E-state index contributed by atoms with van der Waals surface area (Å²) < 4.78 is 0. The highest BCUT2D eigenvalue weighted by atomic mass is 35.5. The second-order valence-corrected chi connectivity index (χ2v) is 3.06. The minimum Gasteiger partial charge on any atom is -0.398 e. The van der Waals surface area contributed by atoms with E-state index in [-0.39, 0.29) is 0 Å². The van der Waals surface area contributed by atoms with Crippen molar-refractivity contribution < 1.29 is 0 Å². The van der Waals surface area contributed by atoms with Gasteiger partial charge in [0.25, 0.3) is 0 Å². The molecule has 0 aromatic heterocycles. The fourth-order valence-electron chi connectivity index (χ4n) is 1.05. The van der Waals surface area contributed by atoms with Crippen LogP contribution in [-0.4, -0.2) is 0 Å². The number of rotatable bonds is 1. The largest absolute Gasteiger partial charge is 0.398 e. The molecule has 0 fully saturated rings. The van der Waals surface area contributed by atoms with E-state index >= 15 is 0 Å². The smallest absolute Gasteiger partial charge is 0.0439 e. The number of hydrogen-bond donors (Lipinski definition) is 1. The Morgan fingerprint density at radius 3 is 2.64 bits per heavy atom. The Morgan fingerprint density at radius 1 is 1.45 bits per heavy atom. The molecular formula is C9H12ClN. The zero-order valence-electron chi connectivity index (χ0n) is 6.82. The van der Waals surface area contributed by atoms with Crippen LogP contribution in [-0.2, 0) is 6.42 Å². The van der Waals surface area contributed by atoms with Gasteiger partial charge in [-0.2, -0.15) is 0 Å².